The number of aromatic nitrogens is 2. The second-order valence-electron chi connectivity index (χ2n) is 7.62. The third-order valence-electron chi connectivity index (χ3n) is 5.46. The fourth-order valence-electron chi connectivity index (χ4n) is 3.74. The van der Waals surface area contributed by atoms with Crippen LogP contribution in [0.15, 0.2) is 95.4 Å². The molecule has 0 N–H and O–H groups in total. The van der Waals surface area contributed by atoms with Crippen molar-refractivity contribution in [3.05, 3.63) is 112 Å². The first kappa shape index (κ1) is 20.2. The molecule has 0 unspecified atom stereocenters. The third-order valence-corrected chi connectivity index (χ3v) is 6.35. The van der Waals surface area contributed by atoms with E-state index in [0.29, 0.717) is 11.9 Å². The first-order valence-electron chi connectivity index (χ1n) is 10.6. The second-order valence-corrected chi connectivity index (χ2v) is 8.48. The summed E-state index contributed by atoms with van der Waals surface area (Å²) in [6.45, 7) is 2.56. The van der Waals surface area contributed by atoms with Crippen molar-refractivity contribution < 1.29 is 4.74 Å². The van der Waals surface area contributed by atoms with E-state index in [-0.39, 0.29) is 5.56 Å². The molecule has 0 spiro atoms. The van der Waals surface area contributed by atoms with Crippen molar-refractivity contribution in [1.82, 2.24) is 9.55 Å². The van der Waals surface area contributed by atoms with E-state index in [0.717, 1.165) is 39.4 Å². The number of fused-ring (bicyclic) bond motifs is 1. The number of nitrogens with zero attached hydrogens (tertiary/aromatic N) is 2. The maximum Gasteiger partial charge on any atom is 0.263 e. The Balaban J connectivity index is 1.47. The molecule has 4 nitrogen and oxygen atoms in total. The van der Waals surface area contributed by atoms with Gasteiger partial charge in [0.2, 0.25) is 0 Å². The number of aryl methyl sites for hydroxylation is 1. The molecule has 0 aliphatic heterocycles. The zero-order chi connectivity index (χ0) is 21.9. The van der Waals surface area contributed by atoms with Gasteiger partial charge in [0.1, 0.15) is 16.3 Å². The van der Waals surface area contributed by atoms with Gasteiger partial charge in [-0.15, -0.1) is 11.3 Å². The van der Waals surface area contributed by atoms with E-state index >= 15 is 0 Å². The van der Waals surface area contributed by atoms with Gasteiger partial charge in [0.25, 0.3) is 5.56 Å². The van der Waals surface area contributed by atoms with Crippen LogP contribution in [-0.4, -0.2) is 9.55 Å². The van der Waals surface area contributed by atoms with Gasteiger partial charge in [-0.2, -0.15) is 0 Å². The Morgan fingerprint density at radius 2 is 1.69 bits per heavy atom. The van der Waals surface area contributed by atoms with Crippen molar-refractivity contribution in [2.45, 2.75) is 19.9 Å². The maximum absolute atomic E-state index is 13.4. The summed E-state index contributed by atoms with van der Waals surface area (Å²) < 4.78 is 7.61. The highest BCUT2D eigenvalue weighted by atomic mass is 32.1. The van der Waals surface area contributed by atoms with E-state index in [9.17, 15) is 4.79 Å². The Bertz CT molecular complexity index is 1420. The van der Waals surface area contributed by atoms with Crippen LogP contribution in [0.25, 0.3) is 21.3 Å². The highest BCUT2D eigenvalue weighted by molar-refractivity contribution is 7.17. The molecule has 0 atom stereocenters. The van der Waals surface area contributed by atoms with Crippen molar-refractivity contribution in [3.63, 3.8) is 0 Å². The average Bonchev–Trinajstić information content (AvgIpc) is 3.27. The molecule has 0 aliphatic rings. The van der Waals surface area contributed by atoms with E-state index in [2.05, 4.69) is 36.2 Å². The summed E-state index contributed by atoms with van der Waals surface area (Å²) in [5, 5.41) is 2.71. The molecule has 0 saturated heterocycles. The van der Waals surface area contributed by atoms with Gasteiger partial charge in [0, 0.05) is 10.9 Å². The third kappa shape index (κ3) is 4.07. The molecule has 0 saturated carbocycles. The van der Waals surface area contributed by atoms with Gasteiger partial charge in [-0.05, 0) is 47.4 Å². The lowest BCUT2D eigenvalue weighted by atomic mass is 10.0. The number of thiophene rings is 1. The molecule has 32 heavy (non-hydrogen) atoms. The van der Waals surface area contributed by atoms with Gasteiger partial charge in [-0.3, -0.25) is 9.36 Å². The lowest BCUT2D eigenvalue weighted by molar-refractivity contribution is 0.481. The van der Waals surface area contributed by atoms with Crippen LogP contribution >= 0.6 is 11.3 Å². The quantitative estimate of drug-likeness (QED) is 0.303. The van der Waals surface area contributed by atoms with Crippen molar-refractivity contribution in [2.75, 3.05) is 0 Å². The topological polar surface area (TPSA) is 44.1 Å². The highest BCUT2D eigenvalue weighted by Gasteiger charge is 2.14. The summed E-state index contributed by atoms with van der Waals surface area (Å²) in [6.07, 6.45) is 2.63. The Hall–Kier alpha value is -3.70. The second kappa shape index (κ2) is 8.81. The first-order valence-corrected chi connectivity index (χ1v) is 11.5. The SMILES string of the molecule is CCc1ccc(-c2csc3ncn(Cc4cccc(Oc5ccccc5)c4)c(=O)c23)cc1. The summed E-state index contributed by atoms with van der Waals surface area (Å²) in [5.41, 5.74) is 4.22. The van der Waals surface area contributed by atoms with Crippen molar-refractivity contribution in [2.24, 2.45) is 0 Å². The van der Waals surface area contributed by atoms with Crippen molar-refractivity contribution >= 4 is 21.6 Å². The molecular formula is C27H22N2O2S. The van der Waals surface area contributed by atoms with Crippen LogP contribution in [0.5, 0.6) is 11.5 Å². The lowest BCUT2D eigenvalue weighted by Gasteiger charge is -2.09. The summed E-state index contributed by atoms with van der Waals surface area (Å²) in [5.74, 6) is 1.52. The number of ether oxygens (including phenoxy) is 1. The predicted octanol–water partition coefficient (Wildman–Crippen LogP) is 6.53. The van der Waals surface area contributed by atoms with Crippen LogP contribution in [0.3, 0.4) is 0 Å². The zero-order valence-electron chi connectivity index (χ0n) is 17.7. The smallest absolute Gasteiger partial charge is 0.263 e. The average molecular weight is 439 g/mol. The standard InChI is InChI=1S/C27H22N2O2S/c1-2-19-11-13-21(14-12-19)24-17-32-26-25(24)27(30)29(18-28-26)16-20-7-6-10-23(15-20)31-22-8-4-3-5-9-22/h3-15,17-18H,2,16H2,1H3. The first-order chi connectivity index (χ1) is 15.7. The van der Waals surface area contributed by atoms with Crippen LogP contribution in [0, 0.1) is 0 Å². The zero-order valence-corrected chi connectivity index (χ0v) is 18.5. The summed E-state index contributed by atoms with van der Waals surface area (Å²) >= 11 is 1.51. The number of para-hydroxylation sites is 1. The molecule has 5 rings (SSSR count). The van der Waals surface area contributed by atoms with E-state index in [4.69, 9.17) is 4.74 Å². The highest BCUT2D eigenvalue weighted by Crippen LogP contribution is 2.31. The lowest BCUT2D eigenvalue weighted by Crippen LogP contribution is -2.21. The molecule has 0 bridgehead atoms. The molecule has 0 aliphatic carbocycles. The van der Waals surface area contributed by atoms with E-state index in [1.807, 2.05) is 60.0 Å². The Morgan fingerprint density at radius 3 is 2.47 bits per heavy atom. The number of hydrogen-bond acceptors (Lipinski definition) is 4. The van der Waals surface area contributed by atoms with Crippen LogP contribution in [0.1, 0.15) is 18.1 Å². The monoisotopic (exact) mass is 438 g/mol. The number of hydrogen-bond donors (Lipinski definition) is 0. The minimum absolute atomic E-state index is 0.0276. The normalized spacial score (nSPS) is 11.0. The fraction of sp³-hybridized carbons (Fsp3) is 0.111. The minimum atomic E-state index is -0.0276. The molecule has 0 fully saturated rings. The molecular weight excluding hydrogens is 416 g/mol. The Kier molecular flexibility index (Phi) is 5.57. The van der Waals surface area contributed by atoms with E-state index in [1.54, 1.807) is 10.9 Å². The van der Waals surface area contributed by atoms with Gasteiger partial charge in [0.15, 0.2) is 0 Å². The molecule has 5 heteroatoms. The molecule has 3 aromatic carbocycles. The fourth-order valence-corrected chi connectivity index (χ4v) is 4.65. The predicted molar refractivity (Wildman–Crippen MR) is 131 cm³/mol. The van der Waals surface area contributed by atoms with Crippen LogP contribution in [-0.2, 0) is 13.0 Å². The summed E-state index contributed by atoms with van der Waals surface area (Å²) in [4.78, 5) is 18.7. The van der Waals surface area contributed by atoms with Crippen LogP contribution in [0.2, 0.25) is 0 Å². The largest absolute Gasteiger partial charge is 0.457 e. The maximum atomic E-state index is 13.4. The van der Waals surface area contributed by atoms with Crippen molar-refractivity contribution in [3.8, 4) is 22.6 Å². The van der Waals surface area contributed by atoms with E-state index < -0.39 is 0 Å². The van der Waals surface area contributed by atoms with Gasteiger partial charge in [0.05, 0.1) is 18.3 Å². The molecule has 158 valence electrons. The van der Waals surface area contributed by atoms with Gasteiger partial charge < -0.3 is 4.74 Å². The van der Waals surface area contributed by atoms with Crippen LogP contribution < -0.4 is 10.3 Å². The summed E-state index contributed by atoms with van der Waals surface area (Å²) in [7, 11) is 0. The molecule has 2 aromatic heterocycles. The van der Waals surface area contributed by atoms with Gasteiger partial charge >= 0.3 is 0 Å². The van der Waals surface area contributed by atoms with Gasteiger partial charge in [-0.1, -0.05) is 61.5 Å². The number of rotatable bonds is 6. The minimum Gasteiger partial charge on any atom is -0.457 e. The summed E-state index contributed by atoms with van der Waals surface area (Å²) in [6, 6.07) is 25.9. The molecule has 2 heterocycles. The molecule has 0 radical (unpaired) electrons. The Morgan fingerprint density at radius 1 is 0.906 bits per heavy atom. The van der Waals surface area contributed by atoms with Crippen molar-refractivity contribution in [1.29, 1.82) is 0 Å². The molecule has 5 aromatic rings. The number of benzene rings is 3. The van der Waals surface area contributed by atoms with Gasteiger partial charge in [-0.25, -0.2) is 4.98 Å². The van der Waals surface area contributed by atoms with Crippen LogP contribution in [0.4, 0.5) is 0 Å². The molecule has 0 amide bonds. The van der Waals surface area contributed by atoms with E-state index in [1.165, 1.54) is 16.9 Å². The Labute approximate surface area is 190 Å².